The maximum atomic E-state index is 11.4. The number of carbonyl (C=O) groups excluding carboxylic acids is 1. The molecule has 1 amide bonds. The van der Waals surface area contributed by atoms with Crippen LogP contribution in [0.3, 0.4) is 0 Å². The van der Waals surface area contributed by atoms with Crippen molar-refractivity contribution in [3.63, 3.8) is 0 Å². The van der Waals surface area contributed by atoms with Crippen LogP contribution in [0.1, 0.15) is 12.5 Å². The Morgan fingerprint density at radius 1 is 1.20 bits per heavy atom. The molecule has 0 aliphatic carbocycles. The molecule has 1 aromatic rings. The van der Waals surface area contributed by atoms with E-state index in [2.05, 4.69) is 11.0 Å². The summed E-state index contributed by atoms with van der Waals surface area (Å²) >= 11 is 0. The van der Waals surface area contributed by atoms with Gasteiger partial charge in [0.15, 0.2) is 0 Å². The van der Waals surface area contributed by atoms with Crippen molar-refractivity contribution in [2.45, 2.75) is 13.5 Å². The fourth-order valence-corrected chi connectivity index (χ4v) is 2.39. The molecule has 5 heteroatoms. The number of methoxy groups -OCH3 is 1. The van der Waals surface area contributed by atoms with E-state index in [0.29, 0.717) is 19.7 Å². The summed E-state index contributed by atoms with van der Waals surface area (Å²) in [5.74, 6) is 0.949. The van der Waals surface area contributed by atoms with Crippen LogP contribution in [0.25, 0.3) is 0 Å². The molecule has 0 saturated carbocycles. The summed E-state index contributed by atoms with van der Waals surface area (Å²) in [7, 11) is 1.42. The third-order valence-electron chi connectivity index (χ3n) is 3.47. The third-order valence-corrected chi connectivity index (χ3v) is 3.47. The molecule has 0 radical (unpaired) electrons. The zero-order chi connectivity index (χ0) is 14.4. The van der Waals surface area contributed by atoms with Crippen molar-refractivity contribution in [1.29, 1.82) is 0 Å². The number of rotatable bonds is 4. The van der Waals surface area contributed by atoms with Gasteiger partial charge in [-0.1, -0.05) is 18.2 Å². The molecule has 20 heavy (non-hydrogen) atoms. The summed E-state index contributed by atoms with van der Waals surface area (Å²) in [6.07, 6.45) is -0.237. The maximum absolute atomic E-state index is 11.4. The Hall–Kier alpha value is -1.75. The van der Waals surface area contributed by atoms with Crippen LogP contribution in [0.15, 0.2) is 24.3 Å². The van der Waals surface area contributed by atoms with Crippen molar-refractivity contribution >= 4 is 6.09 Å². The van der Waals surface area contributed by atoms with Crippen molar-refractivity contribution in [2.24, 2.45) is 0 Å². The van der Waals surface area contributed by atoms with E-state index < -0.39 is 0 Å². The first-order valence-electron chi connectivity index (χ1n) is 7.00. The second-order valence-electron chi connectivity index (χ2n) is 4.77. The Balaban J connectivity index is 1.91. The molecule has 1 fully saturated rings. The van der Waals surface area contributed by atoms with Crippen LogP contribution in [0.4, 0.5) is 4.79 Å². The summed E-state index contributed by atoms with van der Waals surface area (Å²) in [4.78, 5) is 15.5. The van der Waals surface area contributed by atoms with Crippen molar-refractivity contribution in [3.05, 3.63) is 29.8 Å². The smallest absolute Gasteiger partial charge is 0.409 e. The molecule has 0 unspecified atom stereocenters. The molecule has 1 aromatic carbocycles. The van der Waals surface area contributed by atoms with Crippen molar-refractivity contribution < 1.29 is 14.3 Å². The second-order valence-corrected chi connectivity index (χ2v) is 4.77. The van der Waals surface area contributed by atoms with Crippen LogP contribution in [0.2, 0.25) is 0 Å². The van der Waals surface area contributed by atoms with Crippen LogP contribution < -0.4 is 4.74 Å². The second kappa shape index (κ2) is 7.14. The predicted molar refractivity (Wildman–Crippen MR) is 76.9 cm³/mol. The van der Waals surface area contributed by atoms with E-state index in [9.17, 15) is 4.79 Å². The topological polar surface area (TPSA) is 42.0 Å². The lowest BCUT2D eigenvalue weighted by Crippen LogP contribution is -2.48. The normalized spacial score (nSPS) is 16.0. The van der Waals surface area contributed by atoms with E-state index in [-0.39, 0.29) is 6.09 Å². The standard InChI is InChI=1S/C15H22N2O3/c1-3-20-14-7-5-4-6-13(14)12-16-8-10-17(11-9-16)15(18)19-2/h4-7H,3,8-12H2,1-2H3. The molecule has 0 atom stereocenters. The first-order valence-corrected chi connectivity index (χ1v) is 7.00. The monoisotopic (exact) mass is 278 g/mol. The molecule has 2 rings (SSSR count). The van der Waals surface area contributed by atoms with E-state index >= 15 is 0 Å². The van der Waals surface area contributed by atoms with Gasteiger partial charge in [-0.3, -0.25) is 4.90 Å². The SMILES string of the molecule is CCOc1ccccc1CN1CCN(C(=O)OC)CC1. The Labute approximate surface area is 120 Å². The molecule has 1 saturated heterocycles. The van der Waals surface area contributed by atoms with Gasteiger partial charge in [-0.25, -0.2) is 4.79 Å². The molecule has 110 valence electrons. The van der Waals surface area contributed by atoms with Gasteiger partial charge in [0.2, 0.25) is 0 Å². The number of nitrogens with zero attached hydrogens (tertiary/aromatic N) is 2. The molecule has 0 spiro atoms. The van der Waals surface area contributed by atoms with Crippen LogP contribution >= 0.6 is 0 Å². The largest absolute Gasteiger partial charge is 0.494 e. The maximum Gasteiger partial charge on any atom is 0.409 e. The Morgan fingerprint density at radius 2 is 1.90 bits per heavy atom. The Kier molecular flexibility index (Phi) is 5.24. The van der Waals surface area contributed by atoms with Gasteiger partial charge in [-0.15, -0.1) is 0 Å². The number of piperazine rings is 1. The highest BCUT2D eigenvalue weighted by Crippen LogP contribution is 2.20. The van der Waals surface area contributed by atoms with Gasteiger partial charge in [0.1, 0.15) is 5.75 Å². The zero-order valence-electron chi connectivity index (χ0n) is 12.2. The minimum absolute atomic E-state index is 0.237. The van der Waals surface area contributed by atoms with Crippen LogP contribution in [-0.4, -0.2) is 55.8 Å². The van der Waals surface area contributed by atoms with Gasteiger partial charge in [-0.2, -0.15) is 0 Å². The molecule has 5 nitrogen and oxygen atoms in total. The number of carbonyl (C=O) groups is 1. The average Bonchev–Trinajstić information content (AvgIpc) is 2.49. The van der Waals surface area contributed by atoms with Gasteiger partial charge in [0.05, 0.1) is 13.7 Å². The summed E-state index contributed by atoms with van der Waals surface area (Å²) in [5.41, 5.74) is 1.20. The molecular weight excluding hydrogens is 256 g/mol. The average molecular weight is 278 g/mol. The van der Waals surface area contributed by atoms with E-state index in [0.717, 1.165) is 25.4 Å². The highest BCUT2D eigenvalue weighted by molar-refractivity contribution is 5.67. The van der Waals surface area contributed by atoms with E-state index in [1.165, 1.54) is 12.7 Å². The fourth-order valence-electron chi connectivity index (χ4n) is 2.39. The minimum atomic E-state index is -0.237. The van der Waals surface area contributed by atoms with Crippen molar-refractivity contribution in [3.8, 4) is 5.75 Å². The summed E-state index contributed by atoms with van der Waals surface area (Å²) in [5, 5.41) is 0. The summed E-state index contributed by atoms with van der Waals surface area (Å²) in [6.45, 7) is 6.66. The molecular formula is C15H22N2O3. The fraction of sp³-hybridized carbons (Fsp3) is 0.533. The van der Waals surface area contributed by atoms with Gasteiger partial charge < -0.3 is 14.4 Å². The van der Waals surface area contributed by atoms with E-state index in [1.807, 2.05) is 25.1 Å². The van der Waals surface area contributed by atoms with Gasteiger partial charge in [0, 0.05) is 38.3 Å². The Morgan fingerprint density at radius 3 is 2.55 bits per heavy atom. The third kappa shape index (κ3) is 3.63. The Bertz CT molecular complexity index is 442. The lowest BCUT2D eigenvalue weighted by Gasteiger charge is -2.34. The first kappa shape index (κ1) is 14.7. The predicted octanol–water partition coefficient (Wildman–Crippen LogP) is 1.97. The molecule has 1 aliphatic rings. The molecule has 1 aliphatic heterocycles. The molecule has 0 bridgehead atoms. The van der Waals surface area contributed by atoms with Crippen molar-refractivity contribution in [2.75, 3.05) is 39.9 Å². The number of para-hydroxylation sites is 1. The number of benzene rings is 1. The quantitative estimate of drug-likeness (QED) is 0.844. The number of hydrogen-bond acceptors (Lipinski definition) is 4. The number of amides is 1. The van der Waals surface area contributed by atoms with Crippen LogP contribution in [0.5, 0.6) is 5.75 Å². The molecule has 1 heterocycles. The van der Waals surface area contributed by atoms with Gasteiger partial charge in [0.25, 0.3) is 0 Å². The van der Waals surface area contributed by atoms with Crippen LogP contribution in [0, 0.1) is 0 Å². The van der Waals surface area contributed by atoms with Gasteiger partial charge in [-0.05, 0) is 13.0 Å². The first-order chi connectivity index (χ1) is 9.74. The summed E-state index contributed by atoms with van der Waals surface area (Å²) < 4.78 is 10.4. The minimum Gasteiger partial charge on any atom is -0.494 e. The lowest BCUT2D eigenvalue weighted by molar-refractivity contribution is 0.0885. The lowest BCUT2D eigenvalue weighted by atomic mass is 10.1. The van der Waals surface area contributed by atoms with Crippen LogP contribution in [-0.2, 0) is 11.3 Å². The number of ether oxygens (including phenoxy) is 2. The zero-order valence-corrected chi connectivity index (χ0v) is 12.2. The van der Waals surface area contributed by atoms with E-state index in [1.54, 1.807) is 4.90 Å². The van der Waals surface area contributed by atoms with Gasteiger partial charge >= 0.3 is 6.09 Å². The summed E-state index contributed by atoms with van der Waals surface area (Å²) in [6, 6.07) is 8.12. The molecule has 0 N–H and O–H groups in total. The van der Waals surface area contributed by atoms with Crippen molar-refractivity contribution in [1.82, 2.24) is 9.80 Å². The highest BCUT2D eigenvalue weighted by atomic mass is 16.5. The molecule has 0 aromatic heterocycles. The number of hydrogen-bond donors (Lipinski definition) is 0. The van der Waals surface area contributed by atoms with E-state index in [4.69, 9.17) is 9.47 Å². The highest BCUT2D eigenvalue weighted by Gasteiger charge is 2.21.